The molecule has 0 spiro atoms. The van der Waals surface area contributed by atoms with E-state index < -0.39 is 6.09 Å². The summed E-state index contributed by atoms with van der Waals surface area (Å²) in [6.45, 7) is 3.03. The number of carbonyl (C=O) groups is 1. The van der Waals surface area contributed by atoms with Crippen LogP contribution in [0.3, 0.4) is 0 Å². The van der Waals surface area contributed by atoms with Crippen molar-refractivity contribution < 1.29 is 9.90 Å². The van der Waals surface area contributed by atoms with Gasteiger partial charge in [-0.2, -0.15) is 0 Å². The fraction of sp³-hybridized carbons (Fsp3) is 0.833. The maximum absolute atomic E-state index is 10.4. The first-order valence-corrected chi connectivity index (χ1v) is 3.34. The van der Waals surface area contributed by atoms with Crippen LogP contribution in [-0.4, -0.2) is 35.2 Å². The zero-order valence-corrected chi connectivity index (χ0v) is 5.95. The van der Waals surface area contributed by atoms with Gasteiger partial charge in [-0.25, -0.2) is 4.79 Å². The third-order valence-corrected chi connectivity index (χ3v) is 1.94. The number of hydrogen-bond acceptors (Lipinski definition) is 2. The van der Waals surface area contributed by atoms with Crippen molar-refractivity contribution in [3.63, 3.8) is 0 Å². The smallest absolute Gasteiger partial charge is 0.407 e. The van der Waals surface area contributed by atoms with E-state index in [9.17, 15) is 4.79 Å². The van der Waals surface area contributed by atoms with Crippen LogP contribution < -0.4 is 5.73 Å². The van der Waals surface area contributed by atoms with E-state index in [-0.39, 0.29) is 6.04 Å². The Hall–Kier alpha value is -0.770. The molecule has 1 saturated heterocycles. The molecule has 4 nitrogen and oxygen atoms in total. The standard InChI is InChI=1S/C6H12N2O2/c1-4-2-8(6(9)10)3-5(4)7/h4-5H,2-3,7H2,1H3,(H,9,10). The summed E-state index contributed by atoms with van der Waals surface area (Å²) in [5, 5.41) is 8.52. The fourth-order valence-electron chi connectivity index (χ4n) is 1.15. The van der Waals surface area contributed by atoms with Gasteiger partial charge in [-0.05, 0) is 5.92 Å². The zero-order valence-electron chi connectivity index (χ0n) is 5.95. The molecule has 0 saturated carbocycles. The van der Waals surface area contributed by atoms with E-state index in [4.69, 9.17) is 10.8 Å². The maximum atomic E-state index is 10.4. The summed E-state index contributed by atoms with van der Waals surface area (Å²) in [5.41, 5.74) is 5.60. The van der Waals surface area contributed by atoms with Crippen molar-refractivity contribution in [2.24, 2.45) is 11.7 Å². The van der Waals surface area contributed by atoms with Crippen molar-refractivity contribution >= 4 is 6.09 Å². The molecular weight excluding hydrogens is 132 g/mol. The second-order valence-corrected chi connectivity index (χ2v) is 2.83. The summed E-state index contributed by atoms with van der Waals surface area (Å²) in [7, 11) is 0. The van der Waals surface area contributed by atoms with Gasteiger partial charge in [0.25, 0.3) is 0 Å². The second-order valence-electron chi connectivity index (χ2n) is 2.83. The number of likely N-dealkylation sites (tertiary alicyclic amines) is 1. The number of rotatable bonds is 0. The molecule has 1 rings (SSSR count). The van der Waals surface area contributed by atoms with Gasteiger partial charge in [-0.1, -0.05) is 6.92 Å². The Morgan fingerprint density at radius 2 is 2.30 bits per heavy atom. The molecule has 1 amide bonds. The Morgan fingerprint density at radius 1 is 1.70 bits per heavy atom. The molecule has 1 aliphatic rings. The largest absolute Gasteiger partial charge is 0.465 e. The summed E-state index contributed by atoms with van der Waals surface area (Å²) in [5.74, 6) is 0.302. The van der Waals surface area contributed by atoms with Crippen LogP contribution in [0, 0.1) is 5.92 Å². The topological polar surface area (TPSA) is 66.6 Å². The highest BCUT2D eigenvalue weighted by Gasteiger charge is 2.29. The maximum Gasteiger partial charge on any atom is 0.407 e. The van der Waals surface area contributed by atoms with E-state index in [2.05, 4.69) is 0 Å². The van der Waals surface area contributed by atoms with E-state index in [1.165, 1.54) is 4.90 Å². The van der Waals surface area contributed by atoms with Crippen LogP contribution in [0.25, 0.3) is 0 Å². The number of nitrogens with zero attached hydrogens (tertiary/aromatic N) is 1. The fourth-order valence-corrected chi connectivity index (χ4v) is 1.15. The minimum absolute atomic E-state index is 0.0242. The minimum atomic E-state index is -0.861. The SMILES string of the molecule is CC1CN(C(=O)O)CC1N. The lowest BCUT2D eigenvalue weighted by atomic mass is 10.1. The molecule has 1 fully saturated rings. The predicted octanol–water partition coefficient (Wildman–Crippen LogP) is -0.0566. The van der Waals surface area contributed by atoms with Crippen LogP contribution in [0.1, 0.15) is 6.92 Å². The lowest BCUT2D eigenvalue weighted by Gasteiger charge is -2.08. The molecule has 2 unspecified atom stereocenters. The highest BCUT2D eigenvalue weighted by Crippen LogP contribution is 2.13. The van der Waals surface area contributed by atoms with Gasteiger partial charge in [-0.3, -0.25) is 0 Å². The highest BCUT2D eigenvalue weighted by atomic mass is 16.4. The van der Waals surface area contributed by atoms with E-state index in [0.717, 1.165) is 0 Å². The summed E-state index contributed by atoms with van der Waals surface area (Å²) < 4.78 is 0. The summed E-state index contributed by atoms with van der Waals surface area (Å²) >= 11 is 0. The van der Waals surface area contributed by atoms with Crippen molar-refractivity contribution in [2.75, 3.05) is 13.1 Å². The molecule has 58 valence electrons. The van der Waals surface area contributed by atoms with Crippen LogP contribution in [0.15, 0.2) is 0 Å². The second kappa shape index (κ2) is 2.46. The van der Waals surface area contributed by atoms with Gasteiger partial charge in [0.1, 0.15) is 0 Å². The van der Waals surface area contributed by atoms with Gasteiger partial charge >= 0.3 is 6.09 Å². The molecule has 0 bridgehead atoms. The zero-order chi connectivity index (χ0) is 7.72. The third kappa shape index (κ3) is 1.21. The van der Waals surface area contributed by atoms with Crippen LogP contribution >= 0.6 is 0 Å². The molecule has 3 N–H and O–H groups in total. The average Bonchev–Trinajstić information content (AvgIpc) is 2.13. The van der Waals surface area contributed by atoms with Crippen LogP contribution in [-0.2, 0) is 0 Å². The molecule has 4 heteroatoms. The minimum Gasteiger partial charge on any atom is -0.465 e. The Morgan fingerprint density at radius 3 is 2.50 bits per heavy atom. The average molecular weight is 144 g/mol. The molecule has 1 aliphatic heterocycles. The monoisotopic (exact) mass is 144 g/mol. The van der Waals surface area contributed by atoms with Crippen molar-refractivity contribution in [3.05, 3.63) is 0 Å². The van der Waals surface area contributed by atoms with Crippen LogP contribution in [0.4, 0.5) is 4.79 Å². The number of carboxylic acid groups (broad SMARTS) is 1. The van der Waals surface area contributed by atoms with Crippen LogP contribution in [0.5, 0.6) is 0 Å². The molecule has 2 atom stereocenters. The Kier molecular flexibility index (Phi) is 1.80. The highest BCUT2D eigenvalue weighted by molar-refractivity contribution is 5.65. The first kappa shape index (κ1) is 7.34. The molecule has 1 heterocycles. The van der Waals surface area contributed by atoms with Gasteiger partial charge in [-0.15, -0.1) is 0 Å². The lowest BCUT2D eigenvalue weighted by molar-refractivity contribution is 0.154. The first-order chi connectivity index (χ1) is 4.61. The molecule has 0 aromatic carbocycles. The Labute approximate surface area is 59.6 Å². The Bertz CT molecular complexity index is 139. The summed E-state index contributed by atoms with van der Waals surface area (Å²) in [6.07, 6.45) is -0.861. The number of hydrogen-bond donors (Lipinski definition) is 2. The first-order valence-electron chi connectivity index (χ1n) is 3.34. The summed E-state index contributed by atoms with van der Waals surface area (Å²) in [6, 6.07) is 0.0242. The van der Waals surface area contributed by atoms with Crippen molar-refractivity contribution in [1.82, 2.24) is 4.90 Å². The number of amides is 1. The van der Waals surface area contributed by atoms with Gasteiger partial charge < -0.3 is 15.7 Å². The normalized spacial score (nSPS) is 32.8. The van der Waals surface area contributed by atoms with E-state index in [0.29, 0.717) is 19.0 Å². The lowest BCUT2D eigenvalue weighted by Crippen LogP contribution is -2.30. The van der Waals surface area contributed by atoms with Gasteiger partial charge in [0.15, 0.2) is 0 Å². The van der Waals surface area contributed by atoms with E-state index in [1.807, 2.05) is 6.92 Å². The third-order valence-electron chi connectivity index (χ3n) is 1.94. The summed E-state index contributed by atoms with van der Waals surface area (Å²) in [4.78, 5) is 11.7. The molecule has 0 aromatic rings. The predicted molar refractivity (Wildman–Crippen MR) is 36.7 cm³/mol. The van der Waals surface area contributed by atoms with Gasteiger partial charge in [0.05, 0.1) is 0 Å². The number of nitrogens with two attached hydrogens (primary N) is 1. The van der Waals surface area contributed by atoms with Crippen LogP contribution in [0.2, 0.25) is 0 Å². The van der Waals surface area contributed by atoms with Crippen molar-refractivity contribution in [1.29, 1.82) is 0 Å². The van der Waals surface area contributed by atoms with Crippen molar-refractivity contribution in [3.8, 4) is 0 Å². The molecule has 0 aromatic heterocycles. The van der Waals surface area contributed by atoms with Crippen molar-refractivity contribution in [2.45, 2.75) is 13.0 Å². The quantitative estimate of drug-likeness (QED) is 0.500. The molecular formula is C6H12N2O2. The molecule has 0 radical (unpaired) electrons. The molecule has 0 aliphatic carbocycles. The molecule has 10 heavy (non-hydrogen) atoms. The van der Waals surface area contributed by atoms with E-state index in [1.54, 1.807) is 0 Å². The van der Waals surface area contributed by atoms with E-state index >= 15 is 0 Å². The van der Waals surface area contributed by atoms with Gasteiger partial charge in [0.2, 0.25) is 0 Å². The Balaban J connectivity index is 2.49. The van der Waals surface area contributed by atoms with Gasteiger partial charge in [0, 0.05) is 19.1 Å².